The van der Waals surface area contributed by atoms with E-state index < -0.39 is 0 Å². The third kappa shape index (κ3) is 2.08. The molecule has 3 aromatic rings. The lowest BCUT2D eigenvalue weighted by molar-refractivity contribution is 0.720. The topological polar surface area (TPSA) is 73.8 Å². The summed E-state index contributed by atoms with van der Waals surface area (Å²) >= 11 is 1.60. The van der Waals surface area contributed by atoms with Gasteiger partial charge < -0.3 is 10.3 Å². The van der Waals surface area contributed by atoms with Crippen molar-refractivity contribution in [3.63, 3.8) is 0 Å². The van der Waals surface area contributed by atoms with Crippen LogP contribution in [0.5, 0.6) is 0 Å². The largest absolute Gasteiger partial charge is 0.383 e. The molecule has 0 amide bonds. The molecular formula is C14H14N4OS. The minimum Gasteiger partial charge on any atom is -0.383 e. The zero-order valence-electron chi connectivity index (χ0n) is 11.3. The summed E-state index contributed by atoms with van der Waals surface area (Å²) in [6, 6.07) is 5.04. The second kappa shape index (κ2) is 4.72. The van der Waals surface area contributed by atoms with Crippen molar-refractivity contribution >= 4 is 27.4 Å². The van der Waals surface area contributed by atoms with Crippen LogP contribution in [0.4, 0.5) is 5.82 Å². The SMILES string of the molecule is Cc1sc2nc(Cn3ccccc3=O)nc(N)c2c1C. The Labute approximate surface area is 119 Å². The van der Waals surface area contributed by atoms with Crippen LogP contribution in [-0.2, 0) is 6.54 Å². The average Bonchev–Trinajstić information content (AvgIpc) is 2.68. The number of hydrogen-bond acceptors (Lipinski definition) is 5. The number of nitrogen functional groups attached to an aromatic ring is 1. The molecular weight excluding hydrogens is 272 g/mol. The summed E-state index contributed by atoms with van der Waals surface area (Å²) < 4.78 is 1.56. The van der Waals surface area contributed by atoms with Crippen molar-refractivity contribution in [2.75, 3.05) is 5.73 Å². The highest BCUT2D eigenvalue weighted by atomic mass is 32.1. The van der Waals surface area contributed by atoms with Gasteiger partial charge in [-0.3, -0.25) is 4.79 Å². The Balaban J connectivity index is 2.10. The summed E-state index contributed by atoms with van der Waals surface area (Å²) in [7, 11) is 0. The number of hydrogen-bond donors (Lipinski definition) is 1. The van der Waals surface area contributed by atoms with E-state index >= 15 is 0 Å². The number of pyridine rings is 1. The van der Waals surface area contributed by atoms with Gasteiger partial charge in [-0.15, -0.1) is 11.3 Å². The van der Waals surface area contributed by atoms with Gasteiger partial charge in [-0.25, -0.2) is 9.97 Å². The first-order valence-corrected chi connectivity index (χ1v) is 7.05. The minimum absolute atomic E-state index is 0.0756. The van der Waals surface area contributed by atoms with Gasteiger partial charge in [0.1, 0.15) is 10.6 Å². The molecule has 20 heavy (non-hydrogen) atoms. The molecule has 0 fully saturated rings. The molecule has 0 saturated carbocycles. The Kier molecular flexibility index (Phi) is 3.02. The number of aromatic nitrogens is 3. The molecule has 0 aromatic carbocycles. The Bertz CT molecular complexity index is 850. The van der Waals surface area contributed by atoms with Gasteiger partial charge in [0.05, 0.1) is 11.9 Å². The maximum atomic E-state index is 11.7. The maximum absolute atomic E-state index is 11.7. The zero-order valence-corrected chi connectivity index (χ0v) is 12.1. The van der Waals surface area contributed by atoms with Crippen LogP contribution in [0.1, 0.15) is 16.3 Å². The van der Waals surface area contributed by atoms with Crippen LogP contribution in [0.3, 0.4) is 0 Å². The van der Waals surface area contributed by atoms with Crippen molar-refractivity contribution in [2.45, 2.75) is 20.4 Å². The summed E-state index contributed by atoms with van der Waals surface area (Å²) in [5, 5.41) is 0.927. The fourth-order valence-electron chi connectivity index (χ4n) is 2.14. The highest BCUT2D eigenvalue weighted by molar-refractivity contribution is 7.18. The van der Waals surface area contributed by atoms with Crippen molar-refractivity contribution in [2.24, 2.45) is 0 Å². The van der Waals surface area contributed by atoms with Gasteiger partial charge in [0, 0.05) is 17.1 Å². The predicted molar refractivity (Wildman–Crippen MR) is 81.1 cm³/mol. The Morgan fingerprint density at radius 3 is 2.85 bits per heavy atom. The third-order valence-corrected chi connectivity index (χ3v) is 4.41. The third-order valence-electron chi connectivity index (χ3n) is 3.31. The van der Waals surface area contributed by atoms with E-state index in [-0.39, 0.29) is 5.56 Å². The van der Waals surface area contributed by atoms with Gasteiger partial charge in [-0.1, -0.05) is 6.07 Å². The van der Waals surface area contributed by atoms with Crippen LogP contribution in [0.2, 0.25) is 0 Å². The lowest BCUT2D eigenvalue weighted by Gasteiger charge is -2.05. The van der Waals surface area contributed by atoms with Crippen molar-refractivity contribution in [1.29, 1.82) is 0 Å². The predicted octanol–water partition coefficient (Wildman–Crippen LogP) is 2.10. The maximum Gasteiger partial charge on any atom is 0.250 e. The van der Waals surface area contributed by atoms with Crippen molar-refractivity contribution in [1.82, 2.24) is 14.5 Å². The Morgan fingerprint density at radius 1 is 1.30 bits per heavy atom. The molecule has 3 aromatic heterocycles. The first kappa shape index (κ1) is 12.8. The van der Waals surface area contributed by atoms with E-state index in [1.54, 1.807) is 28.2 Å². The smallest absolute Gasteiger partial charge is 0.250 e. The van der Waals surface area contributed by atoms with Gasteiger partial charge in [-0.05, 0) is 25.5 Å². The molecule has 102 valence electrons. The zero-order chi connectivity index (χ0) is 14.3. The number of anilines is 1. The molecule has 0 aliphatic carbocycles. The summed E-state index contributed by atoms with van der Waals surface area (Å²) in [6.45, 7) is 4.40. The van der Waals surface area contributed by atoms with Crippen LogP contribution in [0, 0.1) is 13.8 Å². The second-order valence-corrected chi connectivity index (χ2v) is 5.86. The average molecular weight is 286 g/mol. The molecule has 0 spiro atoms. The van der Waals surface area contributed by atoms with Gasteiger partial charge in [0.15, 0.2) is 5.82 Å². The van der Waals surface area contributed by atoms with Crippen molar-refractivity contribution in [3.8, 4) is 0 Å². The molecule has 2 N–H and O–H groups in total. The molecule has 0 bridgehead atoms. The normalized spacial score (nSPS) is 11.1. The summed E-state index contributed by atoms with van der Waals surface area (Å²) in [4.78, 5) is 22.6. The van der Waals surface area contributed by atoms with E-state index in [4.69, 9.17) is 5.73 Å². The van der Waals surface area contributed by atoms with E-state index in [1.165, 1.54) is 10.9 Å². The summed E-state index contributed by atoms with van der Waals surface area (Å²) in [5.74, 6) is 1.04. The second-order valence-electron chi connectivity index (χ2n) is 4.66. The lowest BCUT2D eigenvalue weighted by Crippen LogP contribution is -2.19. The van der Waals surface area contributed by atoms with Crippen LogP contribution >= 0.6 is 11.3 Å². The van der Waals surface area contributed by atoms with Gasteiger partial charge in [0.25, 0.3) is 5.56 Å². The molecule has 5 nitrogen and oxygen atoms in total. The highest BCUT2D eigenvalue weighted by Crippen LogP contribution is 2.31. The highest BCUT2D eigenvalue weighted by Gasteiger charge is 2.12. The lowest BCUT2D eigenvalue weighted by atomic mass is 10.2. The number of aryl methyl sites for hydroxylation is 2. The van der Waals surface area contributed by atoms with Gasteiger partial charge >= 0.3 is 0 Å². The molecule has 3 heterocycles. The fraction of sp³-hybridized carbons (Fsp3) is 0.214. The molecule has 0 atom stereocenters. The van der Waals surface area contributed by atoms with E-state index in [1.807, 2.05) is 19.9 Å². The first-order valence-electron chi connectivity index (χ1n) is 6.24. The molecule has 0 aliphatic heterocycles. The van der Waals surface area contributed by atoms with Gasteiger partial charge in [-0.2, -0.15) is 0 Å². The quantitative estimate of drug-likeness (QED) is 0.783. The molecule has 0 saturated heterocycles. The van der Waals surface area contributed by atoms with E-state index in [0.29, 0.717) is 18.2 Å². The Hall–Kier alpha value is -2.21. The number of nitrogens with two attached hydrogens (primary N) is 1. The Morgan fingerprint density at radius 2 is 2.10 bits per heavy atom. The minimum atomic E-state index is -0.0756. The molecule has 0 aliphatic rings. The standard InChI is InChI=1S/C14H14N4OS/c1-8-9(2)20-14-12(8)13(15)16-10(17-14)7-18-6-4-3-5-11(18)19/h3-6H,7H2,1-2H3,(H2,15,16,17). The van der Waals surface area contributed by atoms with E-state index in [0.717, 1.165) is 15.8 Å². The number of rotatable bonds is 2. The molecule has 0 unspecified atom stereocenters. The molecule has 3 rings (SSSR count). The number of thiophene rings is 1. The first-order chi connectivity index (χ1) is 9.56. The number of nitrogens with zero attached hydrogens (tertiary/aromatic N) is 3. The van der Waals surface area contributed by atoms with Gasteiger partial charge in [0.2, 0.25) is 0 Å². The van der Waals surface area contributed by atoms with Crippen LogP contribution < -0.4 is 11.3 Å². The van der Waals surface area contributed by atoms with Crippen molar-refractivity contribution < 1.29 is 0 Å². The summed E-state index contributed by atoms with van der Waals surface area (Å²) in [6.07, 6.45) is 1.72. The monoisotopic (exact) mass is 286 g/mol. The van der Waals surface area contributed by atoms with E-state index in [9.17, 15) is 4.79 Å². The van der Waals surface area contributed by atoms with Crippen LogP contribution in [-0.4, -0.2) is 14.5 Å². The van der Waals surface area contributed by atoms with Crippen molar-refractivity contribution in [3.05, 3.63) is 51.0 Å². The summed E-state index contributed by atoms with van der Waals surface area (Å²) in [5.41, 5.74) is 7.09. The van der Waals surface area contributed by atoms with E-state index in [2.05, 4.69) is 9.97 Å². The molecule has 0 radical (unpaired) electrons. The fourth-order valence-corrected chi connectivity index (χ4v) is 3.20. The number of fused-ring (bicyclic) bond motifs is 1. The van der Waals surface area contributed by atoms with Crippen LogP contribution in [0.25, 0.3) is 10.2 Å². The van der Waals surface area contributed by atoms with Crippen LogP contribution in [0.15, 0.2) is 29.2 Å². The molecule has 6 heteroatoms.